The molecule has 3 aromatic heterocycles. The first-order valence-corrected chi connectivity index (χ1v) is 5.19. The van der Waals surface area contributed by atoms with E-state index in [9.17, 15) is 5.11 Å². The van der Waals surface area contributed by atoms with E-state index < -0.39 is 0 Å². The third-order valence-corrected chi connectivity index (χ3v) is 2.52. The smallest absolute Gasteiger partial charge is 0.211 e. The van der Waals surface area contributed by atoms with E-state index >= 15 is 0 Å². The Bertz CT molecular complexity index is 668. The van der Waals surface area contributed by atoms with E-state index in [2.05, 4.69) is 15.0 Å². The average molecular weight is 223 g/mol. The molecule has 0 aliphatic carbocycles. The Morgan fingerprint density at radius 2 is 1.88 bits per heavy atom. The predicted octanol–water partition coefficient (Wildman–Crippen LogP) is 2.40. The van der Waals surface area contributed by atoms with Crippen LogP contribution in [0.1, 0.15) is 0 Å². The minimum Gasteiger partial charge on any atom is -0.493 e. The van der Waals surface area contributed by atoms with E-state index in [1.165, 1.54) is 6.07 Å². The molecule has 0 bridgehead atoms. The van der Waals surface area contributed by atoms with E-state index in [4.69, 9.17) is 0 Å². The van der Waals surface area contributed by atoms with Gasteiger partial charge in [-0.05, 0) is 18.2 Å². The molecule has 0 radical (unpaired) electrons. The highest BCUT2D eigenvalue weighted by Gasteiger charge is 2.02. The van der Waals surface area contributed by atoms with Crippen LogP contribution in [-0.2, 0) is 0 Å². The molecule has 17 heavy (non-hydrogen) atoms. The molecule has 4 nitrogen and oxygen atoms in total. The highest BCUT2D eigenvalue weighted by atomic mass is 16.3. The Morgan fingerprint density at radius 3 is 2.71 bits per heavy atom. The second-order valence-electron chi connectivity index (χ2n) is 3.67. The summed E-state index contributed by atoms with van der Waals surface area (Å²) in [5.74, 6) is 0.00244. The Balaban J connectivity index is 2.19. The summed E-state index contributed by atoms with van der Waals surface area (Å²) in [6.07, 6.45) is 5.27. The van der Waals surface area contributed by atoms with Crippen LogP contribution in [0, 0.1) is 0 Å². The molecule has 4 heteroatoms. The van der Waals surface area contributed by atoms with Gasteiger partial charge in [0.1, 0.15) is 0 Å². The van der Waals surface area contributed by atoms with Crippen molar-refractivity contribution in [3.05, 3.63) is 48.9 Å². The molecule has 0 aliphatic rings. The van der Waals surface area contributed by atoms with Crippen LogP contribution in [0.4, 0.5) is 0 Å². The van der Waals surface area contributed by atoms with Crippen molar-refractivity contribution in [1.82, 2.24) is 15.0 Å². The summed E-state index contributed by atoms with van der Waals surface area (Å²) in [6.45, 7) is 0. The molecular weight excluding hydrogens is 214 g/mol. The van der Waals surface area contributed by atoms with E-state index in [-0.39, 0.29) is 5.88 Å². The largest absolute Gasteiger partial charge is 0.493 e. The molecule has 0 saturated heterocycles. The van der Waals surface area contributed by atoms with Crippen molar-refractivity contribution in [3.63, 3.8) is 0 Å². The molecule has 0 amide bonds. The van der Waals surface area contributed by atoms with E-state index in [1.807, 2.05) is 18.2 Å². The number of aromatic hydroxyl groups is 1. The van der Waals surface area contributed by atoms with Gasteiger partial charge >= 0.3 is 0 Å². The standard InChI is InChI=1S/C13H9N3O/c17-13-4-3-11-12(16-13)6-10(8-15-11)9-2-1-5-14-7-9/h1-8H,(H,16,17). The van der Waals surface area contributed by atoms with E-state index in [1.54, 1.807) is 24.7 Å². The molecule has 0 atom stereocenters. The highest BCUT2D eigenvalue weighted by Crippen LogP contribution is 2.21. The zero-order valence-electron chi connectivity index (χ0n) is 8.91. The fraction of sp³-hybridized carbons (Fsp3) is 0. The van der Waals surface area contributed by atoms with Crippen LogP contribution in [0.15, 0.2) is 48.9 Å². The molecule has 0 unspecified atom stereocenters. The number of rotatable bonds is 1. The lowest BCUT2D eigenvalue weighted by Crippen LogP contribution is -1.86. The molecule has 0 fully saturated rings. The van der Waals surface area contributed by atoms with Crippen molar-refractivity contribution >= 4 is 11.0 Å². The lowest BCUT2D eigenvalue weighted by atomic mass is 10.1. The summed E-state index contributed by atoms with van der Waals surface area (Å²) in [4.78, 5) is 12.4. The van der Waals surface area contributed by atoms with Crippen LogP contribution in [-0.4, -0.2) is 20.1 Å². The van der Waals surface area contributed by atoms with Gasteiger partial charge in [0.25, 0.3) is 0 Å². The van der Waals surface area contributed by atoms with Crippen LogP contribution in [0.5, 0.6) is 5.88 Å². The molecule has 3 aromatic rings. The van der Waals surface area contributed by atoms with Crippen molar-refractivity contribution in [1.29, 1.82) is 0 Å². The number of pyridine rings is 3. The first-order valence-electron chi connectivity index (χ1n) is 5.19. The number of aromatic nitrogens is 3. The van der Waals surface area contributed by atoms with Gasteiger partial charge in [-0.15, -0.1) is 0 Å². The summed E-state index contributed by atoms with van der Waals surface area (Å²) < 4.78 is 0. The molecule has 0 aliphatic heterocycles. The monoisotopic (exact) mass is 223 g/mol. The lowest BCUT2D eigenvalue weighted by molar-refractivity contribution is 0.456. The summed E-state index contributed by atoms with van der Waals surface area (Å²) in [7, 11) is 0. The SMILES string of the molecule is Oc1ccc2ncc(-c3cccnc3)cc2n1. The number of hydrogen-bond donors (Lipinski definition) is 1. The van der Waals surface area contributed by atoms with Gasteiger partial charge in [0.05, 0.1) is 11.0 Å². The van der Waals surface area contributed by atoms with Crippen molar-refractivity contribution in [2.24, 2.45) is 0 Å². The van der Waals surface area contributed by atoms with Gasteiger partial charge < -0.3 is 5.11 Å². The lowest BCUT2D eigenvalue weighted by Gasteiger charge is -2.02. The molecular formula is C13H9N3O. The second kappa shape index (κ2) is 3.83. The maximum absolute atomic E-state index is 9.34. The number of nitrogens with zero attached hydrogens (tertiary/aromatic N) is 3. The molecule has 3 rings (SSSR count). The van der Waals surface area contributed by atoms with Crippen LogP contribution in [0.25, 0.3) is 22.2 Å². The number of fused-ring (bicyclic) bond motifs is 1. The van der Waals surface area contributed by atoms with Crippen molar-refractivity contribution in [3.8, 4) is 17.0 Å². The highest BCUT2D eigenvalue weighted by molar-refractivity contribution is 5.80. The fourth-order valence-corrected chi connectivity index (χ4v) is 1.69. The van der Waals surface area contributed by atoms with Gasteiger partial charge in [-0.2, -0.15) is 0 Å². The summed E-state index contributed by atoms with van der Waals surface area (Å²) in [5, 5.41) is 9.34. The van der Waals surface area contributed by atoms with Gasteiger partial charge in [-0.25, -0.2) is 4.98 Å². The second-order valence-corrected chi connectivity index (χ2v) is 3.67. The van der Waals surface area contributed by atoms with Crippen molar-refractivity contribution < 1.29 is 5.11 Å². The van der Waals surface area contributed by atoms with Gasteiger partial charge in [0.15, 0.2) is 0 Å². The van der Waals surface area contributed by atoms with E-state index in [0.717, 1.165) is 16.6 Å². The van der Waals surface area contributed by atoms with Crippen LogP contribution < -0.4 is 0 Å². The Hall–Kier alpha value is -2.49. The molecule has 0 aromatic carbocycles. The van der Waals surface area contributed by atoms with Crippen LogP contribution in [0.3, 0.4) is 0 Å². The summed E-state index contributed by atoms with van der Waals surface area (Å²) in [5.41, 5.74) is 3.34. The maximum Gasteiger partial charge on any atom is 0.211 e. The topological polar surface area (TPSA) is 58.9 Å². The van der Waals surface area contributed by atoms with Crippen LogP contribution >= 0.6 is 0 Å². The maximum atomic E-state index is 9.34. The molecule has 1 N–H and O–H groups in total. The van der Waals surface area contributed by atoms with Gasteiger partial charge in [0.2, 0.25) is 5.88 Å². The van der Waals surface area contributed by atoms with Crippen LogP contribution in [0.2, 0.25) is 0 Å². The minimum absolute atomic E-state index is 0.00244. The first-order chi connectivity index (χ1) is 8.33. The molecule has 82 valence electrons. The van der Waals surface area contributed by atoms with Crippen molar-refractivity contribution in [2.75, 3.05) is 0 Å². The third-order valence-electron chi connectivity index (χ3n) is 2.52. The van der Waals surface area contributed by atoms with Gasteiger partial charge in [-0.1, -0.05) is 6.07 Å². The zero-order chi connectivity index (χ0) is 11.7. The van der Waals surface area contributed by atoms with Gasteiger partial charge in [-0.3, -0.25) is 9.97 Å². The quantitative estimate of drug-likeness (QED) is 0.688. The molecule has 0 saturated carbocycles. The summed E-state index contributed by atoms with van der Waals surface area (Å²) in [6, 6.07) is 8.98. The van der Waals surface area contributed by atoms with Crippen molar-refractivity contribution in [2.45, 2.75) is 0 Å². The molecule has 3 heterocycles. The van der Waals surface area contributed by atoms with Gasteiger partial charge in [0, 0.05) is 35.8 Å². The Morgan fingerprint density at radius 1 is 0.941 bits per heavy atom. The zero-order valence-corrected chi connectivity index (χ0v) is 8.91. The fourth-order valence-electron chi connectivity index (χ4n) is 1.69. The Kier molecular flexibility index (Phi) is 2.19. The third kappa shape index (κ3) is 1.80. The predicted molar refractivity (Wildman–Crippen MR) is 64.4 cm³/mol. The number of hydrogen-bond acceptors (Lipinski definition) is 4. The Labute approximate surface area is 97.6 Å². The summed E-state index contributed by atoms with van der Waals surface area (Å²) >= 11 is 0. The average Bonchev–Trinajstić information content (AvgIpc) is 2.39. The molecule has 0 spiro atoms. The van der Waals surface area contributed by atoms with E-state index in [0.29, 0.717) is 5.52 Å². The normalized spacial score (nSPS) is 10.6. The first kappa shape index (κ1) is 9.72. The minimum atomic E-state index is 0.00244.